The maximum atomic E-state index is 12.8. The van der Waals surface area contributed by atoms with Crippen LogP contribution in [0, 0.1) is 16.7 Å². The molecule has 0 aliphatic carbocycles. The molecular weight excluding hydrogens is 422 g/mol. The molecule has 0 aliphatic rings. The number of hydrogen-bond donors (Lipinski definition) is 2. The van der Waals surface area contributed by atoms with Crippen molar-refractivity contribution in [2.45, 2.75) is 86.1 Å². The van der Waals surface area contributed by atoms with Crippen LogP contribution in [0.25, 0.3) is 0 Å². The Morgan fingerprint density at radius 2 is 1.61 bits per heavy atom. The molecule has 2 unspecified atom stereocenters. The third-order valence-electron chi connectivity index (χ3n) is 4.21. The summed E-state index contributed by atoms with van der Waals surface area (Å²) in [4.78, 5) is 56.0. The van der Waals surface area contributed by atoms with Crippen molar-refractivity contribution < 1.29 is 19.2 Å². The molecule has 1 aromatic rings. The second-order valence-corrected chi connectivity index (χ2v) is 8.07. The molecule has 0 spiro atoms. The molecule has 2 N–H and O–H groups in total. The van der Waals surface area contributed by atoms with E-state index in [2.05, 4.69) is 24.5 Å². The molecule has 0 fully saturated rings. The Balaban J connectivity index is 0. The number of Topliss-reactive ketones (excluding diaryl/α,β-unsaturated/α-hetero) is 1. The van der Waals surface area contributed by atoms with Crippen LogP contribution >= 0.6 is 0 Å². The van der Waals surface area contributed by atoms with E-state index in [9.17, 15) is 19.3 Å². The summed E-state index contributed by atoms with van der Waals surface area (Å²) in [5, 5.41) is 5.19. The zero-order chi connectivity index (χ0) is 25.6. The Labute approximate surface area is 198 Å². The SMILES string of the molecule is CC=O.CCC.CCCC(=O)C(Cc1ccccc1)NC(=O)C(CC(=O)NN=O)CC(C)C. The summed E-state index contributed by atoms with van der Waals surface area (Å²) in [6.07, 6.45) is 3.81. The molecule has 186 valence electrons. The number of benzene rings is 1. The Kier molecular flexibility index (Phi) is 20.5. The molecule has 0 aliphatic heterocycles. The third kappa shape index (κ3) is 17.3. The minimum absolute atomic E-state index is 0.0305. The second-order valence-electron chi connectivity index (χ2n) is 8.07. The Hall–Kier alpha value is -2.90. The molecule has 0 aromatic heterocycles. The summed E-state index contributed by atoms with van der Waals surface area (Å²) in [6, 6.07) is 8.85. The lowest BCUT2D eigenvalue weighted by Gasteiger charge is -2.23. The fourth-order valence-electron chi connectivity index (χ4n) is 2.98. The van der Waals surface area contributed by atoms with Gasteiger partial charge in [-0.05, 0) is 37.7 Å². The van der Waals surface area contributed by atoms with E-state index >= 15 is 0 Å². The van der Waals surface area contributed by atoms with Gasteiger partial charge in [0.1, 0.15) is 6.29 Å². The first-order valence-corrected chi connectivity index (χ1v) is 11.6. The summed E-state index contributed by atoms with van der Waals surface area (Å²) in [5.41, 5.74) is 2.78. The smallest absolute Gasteiger partial charge is 0.243 e. The van der Waals surface area contributed by atoms with Crippen LogP contribution in [0.15, 0.2) is 35.6 Å². The lowest BCUT2D eigenvalue weighted by atomic mass is 9.91. The lowest BCUT2D eigenvalue weighted by molar-refractivity contribution is -0.133. The maximum Gasteiger partial charge on any atom is 0.243 e. The van der Waals surface area contributed by atoms with Crippen molar-refractivity contribution in [1.82, 2.24) is 10.7 Å². The van der Waals surface area contributed by atoms with Gasteiger partial charge in [0, 0.05) is 18.8 Å². The van der Waals surface area contributed by atoms with Gasteiger partial charge in [-0.1, -0.05) is 71.4 Å². The number of nitrogens with zero attached hydrogens (tertiary/aromatic N) is 1. The number of nitroso groups, excluding NO2 is 1. The average molecular weight is 464 g/mol. The number of hydrogen-bond acceptors (Lipinski definition) is 6. The van der Waals surface area contributed by atoms with Crippen molar-refractivity contribution in [3.05, 3.63) is 40.8 Å². The molecule has 8 nitrogen and oxygen atoms in total. The normalized spacial score (nSPS) is 11.5. The zero-order valence-electron chi connectivity index (χ0n) is 20.9. The third-order valence-corrected chi connectivity index (χ3v) is 4.21. The van der Waals surface area contributed by atoms with E-state index in [1.165, 1.54) is 13.3 Å². The number of aldehydes is 1. The van der Waals surface area contributed by atoms with E-state index in [1.807, 2.05) is 56.5 Å². The van der Waals surface area contributed by atoms with Crippen LogP contribution in [0.3, 0.4) is 0 Å². The standard InChI is InChI=1S/C20H29N3O4.C3H8.C2H4O/c1-4-8-18(24)17(12-15-9-6-5-7-10-15)21-20(26)16(11-14(2)3)13-19(25)22-23-27;1-3-2;1-2-3/h5-7,9-10,14,16-17H,4,8,11-13H2,1-3H3,(H,21,26)(H,22,25,27);3H2,1-2H3;2H,1H3. The van der Waals surface area contributed by atoms with Gasteiger partial charge in [0.25, 0.3) is 0 Å². The molecule has 33 heavy (non-hydrogen) atoms. The van der Waals surface area contributed by atoms with Gasteiger partial charge in [0.2, 0.25) is 11.8 Å². The first-order chi connectivity index (χ1) is 15.7. The molecule has 2 atom stereocenters. The molecule has 8 heteroatoms. The first kappa shape index (κ1) is 32.3. The largest absolute Gasteiger partial charge is 0.346 e. The number of amides is 2. The van der Waals surface area contributed by atoms with Crippen molar-refractivity contribution in [1.29, 1.82) is 0 Å². The number of nitrogens with one attached hydrogen (secondary N) is 2. The van der Waals surface area contributed by atoms with Crippen LogP contribution in [-0.2, 0) is 25.6 Å². The van der Waals surface area contributed by atoms with E-state index in [-0.39, 0.29) is 24.0 Å². The van der Waals surface area contributed by atoms with Gasteiger partial charge in [-0.15, -0.1) is 4.91 Å². The minimum Gasteiger partial charge on any atom is -0.346 e. The number of rotatable bonds is 12. The molecule has 1 rings (SSSR count). The van der Waals surface area contributed by atoms with Gasteiger partial charge in [-0.25, -0.2) is 5.43 Å². The predicted molar refractivity (Wildman–Crippen MR) is 131 cm³/mol. The van der Waals surface area contributed by atoms with E-state index in [1.54, 1.807) is 0 Å². The van der Waals surface area contributed by atoms with Crippen molar-refractivity contribution in [2.75, 3.05) is 0 Å². The maximum absolute atomic E-state index is 12.8. The Morgan fingerprint density at radius 3 is 2.06 bits per heavy atom. The first-order valence-electron chi connectivity index (χ1n) is 11.6. The topological polar surface area (TPSA) is 122 Å². The highest BCUT2D eigenvalue weighted by Crippen LogP contribution is 2.17. The van der Waals surface area contributed by atoms with Crippen LogP contribution in [-0.4, -0.2) is 29.9 Å². The quantitative estimate of drug-likeness (QED) is 0.267. The van der Waals surface area contributed by atoms with Crippen LogP contribution in [0.4, 0.5) is 0 Å². The van der Waals surface area contributed by atoms with E-state index in [4.69, 9.17) is 4.79 Å². The average Bonchev–Trinajstić information content (AvgIpc) is 2.74. The van der Waals surface area contributed by atoms with Crippen molar-refractivity contribution in [3.63, 3.8) is 0 Å². The summed E-state index contributed by atoms with van der Waals surface area (Å²) in [6.45, 7) is 11.5. The fourth-order valence-corrected chi connectivity index (χ4v) is 2.98. The number of carbonyl (C=O) groups excluding carboxylic acids is 4. The van der Waals surface area contributed by atoms with Crippen molar-refractivity contribution in [3.8, 4) is 0 Å². The van der Waals surface area contributed by atoms with Gasteiger partial charge in [-0.3, -0.25) is 14.4 Å². The van der Waals surface area contributed by atoms with Crippen LogP contribution < -0.4 is 10.7 Å². The highest BCUT2D eigenvalue weighted by Gasteiger charge is 2.27. The van der Waals surface area contributed by atoms with Gasteiger partial charge in [0.15, 0.2) is 5.78 Å². The molecule has 0 heterocycles. The lowest BCUT2D eigenvalue weighted by Crippen LogP contribution is -2.46. The van der Waals surface area contributed by atoms with Gasteiger partial charge in [0.05, 0.1) is 11.3 Å². The van der Waals surface area contributed by atoms with Gasteiger partial charge < -0.3 is 10.1 Å². The van der Waals surface area contributed by atoms with Gasteiger partial charge in [-0.2, -0.15) is 0 Å². The Morgan fingerprint density at radius 1 is 1.06 bits per heavy atom. The zero-order valence-corrected chi connectivity index (χ0v) is 20.9. The summed E-state index contributed by atoms with van der Waals surface area (Å²) >= 11 is 0. The fraction of sp³-hybridized carbons (Fsp3) is 0.600. The second kappa shape index (κ2) is 21.0. The van der Waals surface area contributed by atoms with E-state index < -0.39 is 17.9 Å². The number of carbonyl (C=O) groups is 4. The monoisotopic (exact) mass is 463 g/mol. The van der Waals surface area contributed by atoms with Crippen molar-refractivity contribution in [2.24, 2.45) is 17.1 Å². The van der Waals surface area contributed by atoms with Crippen LogP contribution in [0.1, 0.15) is 79.2 Å². The molecule has 0 saturated carbocycles. The molecule has 2 amide bonds. The molecule has 0 bridgehead atoms. The summed E-state index contributed by atoms with van der Waals surface area (Å²) in [5.74, 6) is -1.44. The minimum atomic E-state index is -0.637. The highest BCUT2D eigenvalue weighted by atomic mass is 16.3. The van der Waals surface area contributed by atoms with Crippen LogP contribution in [0.5, 0.6) is 0 Å². The summed E-state index contributed by atoms with van der Waals surface area (Å²) < 4.78 is 0. The predicted octanol–water partition coefficient (Wildman–Crippen LogP) is 4.55. The molecule has 0 saturated heterocycles. The van der Waals surface area contributed by atoms with Crippen molar-refractivity contribution >= 4 is 23.9 Å². The van der Waals surface area contributed by atoms with Crippen LogP contribution in [0.2, 0.25) is 0 Å². The van der Waals surface area contributed by atoms with E-state index in [0.29, 0.717) is 25.7 Å². The van der Waals surface area contributed by atoms with Gasteiger partial charge >= 0.3 is 0 Å². The molecular formula is C25H41N3O5. The number of ketones is 1. The highest BCUT2D eigenvalue weighted by molar-refractivity contribution is 5.91. The summed E-state index contributed by atoms with van der Waals surface area (Å²) in [7, 11) is 0. The Bertz CT molecular complexity index is 693. The van der Waals surface area contributed by atoms with E-state index in [0.717, 1.165) is 11.8 Å². The molecule has 1 aromatic carbocycles. The molecule has 0 radical (unpaired) electrons.